The molecule has 2 aromatic rings. The number of ether oxygens (including phenoxy) is 1. The van der Waals surface area contributed by atoms with Crippen molar-refractivity contribution >= 4 is 17.4 Å². The topological polar surface area (TPSA) is 110 Å². The van der Waals surface area contributed by atoms with E-state index < -0.39 is 10.8 Å². The van der Waals surface area contributed by atoms with Crippen molar-refractivity contribution in [3.05, 3.63) is 45.6 Å². The molecular formula is C12H12N4O4. The van der Waals surface area contributed by atoms with Crippen molar-refractivity contribution in [2.24, 2.45) is 0 Å². The van der Waals surface area contributed by atoms with Gasteiger partial charge in [-0.05, 0) is 13.0 Å². The van der Waals surface area contributed by atoms with Gasteiger partial charge in [0.2, 0.25) is 0 Å². The molecule has 1 amide bonds. The number of aryl methyl sites for hydroxylation is 1. The summed E-state index contributed by atoms with van der Waals surface area (Å²) in [7, 11) is 1.39. The lowest BCUT2D eigenvalue weighted by Crippen LogP contribution is -2.14. The first-order valence-corrected chi connectivity index (χ1v) is 5.66. The predicted molar refractivity (Wildman–Crippen MR) is 70.9 cm³/mol. The number of rotatable bonds is 4. The van der Waals surface area contributed by atoms with E-state index in [2.05, 4.69) is 15.5 Å². The summed E-state index contributed by atoms with van der Waals surface area (Å²) in [5.74, 6) is 0.173. The van der Waals surface area contributed by atoms with Crippen molar-refractivity contribution in [1.82, 2.24) is 10.2 Å². The van der Waals surface area contributed by atoms with E-state index >= 15 is 0 Å². The number of methoxy groups -OCH3 is 1. The number of hydrogen-bond acceptors (Lipinski definition) is 5. The monoisotopic (exact) mass is 276 g/mol. The molecule has 2 rings (SSSR count). The number of H-pyrrole nitrogens is 1. The number of carbonyl (C=O) groups excluding carboxylic acids is 1. The van der Waals surface area contributed by atoms with Crippen molar-refractivity contribution < 1.29 is 14.5 Å². The number of amides is 1. The van der Waals surface area contributed by atoms with E-state index in [4.69, 9.17) is 4.74 Å². The summed E-state index contributed by atoms with van der Waals surface area (Å²) in [4.78, 5) is 22.3. The van der Waals surface area contributed by atoms with Gasteiger partial charge in [0.05, 0.1) is 23.8 Å². The smallest absolute Gasteiger partial charge is 0.270 e. The molecule has 0 saturated carbocycles. The van der Waals surface area contributed by atoms with E-state index in [1.165, 1.54) is 25.3 Å². The van der Waals surface area contributed by atoms with Gasteiger partial charge in [0, 0.05) is 17.7 Å². The van der Waals surface area contributed by atoms with E-state index in [-0.39, 0.29) is 17.0 Å². The first-order chi connectivity index (χ1) is 9.52. The summed E-state index contributed by atoms with van der Waals surface area (Å²) in [6.07, 6.45) is 1.56. The summed E-state index contributed by atoms with van der Waals surface area (Å²) in [6, 6.07) is 3.82. The van der Waals surface area contributed by atoms with Crippen LogP contribution in [0.3, 0.4) is 0 Å². The molecule has 104 valence electrons. The summed E-state index contributed by atoms with van der Waals surface area (Å²) >= 11 is 0. The maximum Gasteiger partial charge on any atom is 0.270 e. The predicted octanol–water partition coefficient (Wildman–Crippen LogP) is 1.89. The average molecular weight is 276 g/mol. The second-order valence-electron chi connectivity index (χ2n) is 4.02. The number of nitrogens with zero attached hydrogens (tertiary/aromatic N) is 2. The van der Waals surface area contributed by atoms with Gasteiger partial charge < -0.3 is 10.1 Å². The third kappa shape index (κ3) is 2.58. The third-order valence-corrected chi connectivity index (χ3v) is 2.71. The van der Waals surface area contributed by atoms with Crippen LogP contribution in [0.1, 0.15) is 15.9 Å². The highest BCUT2D eigenvalue weighted by molar-refractivity contribution is 6.06. The number of aromatic amines is 1. The van der Waals surface area contributed by atoms with Crippen molar-refractivity contribution in [3.8, 4) is 5.75 Å². The van der Waals surface area contributed by atoms with Crippen LogP contribution < -0.4 is 10.1 Å². The molecule has 1 heterocycles. The van der Waals surface area contributed by atoms with Crippen LogP contribution >= 0.6 is 0 Å². The second kappa shape index (κ2) is 5.39. The van der Waals surface area contributed by atoms with Gasteiger partial charge >= 0.3 is 0 Å². The molecule has 1 aromatic carbocycles. The second-order valence-corrected chi connectivity index (χ2v) is 4.02. The summed E-state index contributed by atoms with van der Waals surface area (Å²) in [5, 5.41) is 19.8. The number of nitro groups is 1. The van der Waals surface area contributed by atoms with Gasteiger partial charge in [-0.1, -0.05) is 0 Å². The van der Waals surface area contributed by atoms with Crippen LogP contribution in [0, 0.1) is 17.0 Å². The molecule has 0 atom stereocenters. The molecule has 0 saturated heterocycles. The molecule has 0 aliphatic rings. The Labute approximate surface area is 113 Å². The van der Waals surface area contributed by atoms with E-state index in [0.29, 0.717) is 5.82 Å². The number of benzene rings is 1. The number of anilines is 1. The highest BCUT2D eigenvalue weighted by Gasteiger charge is 2.18. The lowest BCUT2D eigenvalue weighted by Gasteiger charge is -2.08. The fourth-order valence-corrected chi connectivity index (χ4v) is 1.64. The van der Waals surface area contributed by atoms with Crippen molar-refractivity contribution in [2.75, 3.05) is 12.4 Å². The Balaban J connectivity index is 2.35. The van der Waals surface area contributed by atoms with Crippen LogP contribution in [0.25, 0.3) is 0 Å². The van der Waals surface area contributed by atoms with Crippen LogP contribution in [0.15, 0.2) is 24.4 Å². The first kappa shape index (κ1) is 13.5. The Bertz CT molecular complexity index is 665. The lowest BCUT2D eigenvalue weighted by molar-refractivity contribution is -0.384. The summed E-state index contributed by atoms with van der Waals surface area (Å²) < 4.78 is 5.04. The summed E-state index contributed by atoms with van der Waals surface area (Å²) in [5.41, 5.74) is 0.649. The quantitative estimate of drug-likeness (QED) is 0.654. The van der Waals surface area contributed by atoms with Crippen molar-refractivity contribution in [1.29, 1.82) is 0 Å². The molecule has 0 aliphatic carbocycles. The van der Waals surface area contributed by atoms with Gasteiger partial charge in [0.1, 0.15) is 11.6 Å². The maximum atomic E-state index is 12.2. The highest BCUT2D eigenvalue weighted by Crippen LogP contribution is 2.25. The van der Waals surface area contributed by atoms with E-state index in [1.807, 2.05) is 0 Å². The number of carbonyl (C=O) groups is 1. The number of nitro benzene ring substituents is 1. The number of aromatic nitrogens is 2. The molecule has 2 N–H and O–H groups in total. The van der Waals surface area contributed by atoms with Crippen LogP contribution in [0.4, 0.5) is 11.5 Å². The molecule has 0 aliphatic heterocycles. The summed E-state index contributed by atoms with van der Waals surface area (Å²) in [6.45, 7) is 1.77. The standard InChI is InChI=1S/C12H12N4O4/c1-7-6-13-15-11(7)14-12(17)9-5-8(16(18)19)3-4-10(9)20-2/h3-6H,1-2H3,(H2,13,14,15,17). The Morgan fingerprint density at radius 3 is 2.80 bits per heavy atom. The number of non-ortho nitro benzene ring substituents is 1. The maximum absolute atomic E-state index is 12.2. The molecule has 20 heavy (non-hydrogen) atoms. The van der Waals surface area contributed by atoms with E-state index in [9.17, 15) is 14.9 Å². The normalized spacial score (nSPS) is 10.1. The molecular weight excluding hydrogens is 264 g/mol. The number of nitrogens with one attached hydrogen (secondary N) is 2. The zero-order chi connectivity index (χ0) is 14.7. The minimum Gasteiger partial charge on any atom is -0.496 e. The van der Waals surface area contributed by atoms with Gasteiger partial charge in [-0.3, -0.25) is 20.0 Å². The minimum absolute atomic E-state index is 0.0794. The van der Waals surface area contributed by atoms with Crippen LogP contribution in [-0.2, 0) is 0 Å². The van der Waals surface area contributed by atoms with Crippen LogP contribution in [0.2, 0.25) is 0 Å². The van der Waals surface area contributed by atoms with Crippen LogP contribution in [0.5, 0.6) is 5.75 Å². The molecule has 0 bridgehead atoms. The fourth-order valence-electron chi connectivity index (χ4n) is 1.64. The highest BCUT2D eigenvalue weighted by atomic mass is 16.6. The fraction of sp³-hybridized carbons (Fsp3) is 0.167. The van der Waals surface area contributed by atoms with Crippen molar-refractivity contribution in [2.45, 2.75) is 6.92 Å². The number of hydrogen-bond donors (Lipinski definition) is 2. The molecule has 0 spiro atoms. The Morgan fingerprint density at radius 1 is 1.50 bits per heavy atom. The van der Waals surface area contributed by atoms with Crippen LogP contribution in [-0.4, -0.2) is 28.1 Å². The molecule has 0 unspecified atom stereocenters. The van der Waals surface area contributed by atoms with Gasteiger partial charge in [0.25, 0.3) is 11.6 Å². The largest absolute Gasteiger partial charge is 0.496 e. The zero-order valence-corrected chi connectivity index (χ0v) is 10.8. The van der Waals surface area contributed by atoms with E-state index in [0.717, 1.165) is 5.56 Å². The SMILES string of the molecule is COc1ccc([N+](=O)[O-])cc1C(=O)Nc1[nH]ncc1C. The molecule has 8 nitrogen and oxygen atoms in total. The zero-order valence-electron chi connectivity index (χ0n) is 10.8. The Kier molecular flexibility index (Phi) is 3.65. The van der Waals surface area contributed by atoms with Gasteiger partial charge in [-0.2, -0.15) is 5.10 Å². The molecule has 0 radical (unpaired) electrons. The van der Waals surface area contributed by atoms with E-state index in [1.54, 1.807) is 13.1 Å². The average Bonchev–Trinajstić information content (AvgIpc) is 2.83. The first-order valence-electron chi connectivity index (χ1n) is 5.66. The Morgan fingerprint density at radius 2 is 2.25 bits per heavy atom. The van der Waals surface area contributed by atoms with Gasteiger partial charge in [-0.15, -0.1) is 0 Å². The lowest BCUT2D eigenvalue weighted by atomic mass is 10.1. The minimum atomic E-state index is -0.572. The van der Waals surface area contributed by atoms with Gasteiger partial charge in [-0.25, -0.2) is 0 Å². The van der Waals surface area contributed by atoms with Gasteiger partial charge in [0.15, 0.2) is 0 Å². The Hall–Kier alpha value is -2.90. The molecule has 8 heteroatoms. The van der Waals surface area contributed by atoms with Crippen molar-refractivity contribution in [3.63, 3.8) is 0 Å². The molecule has 0 fully saturated rings. The molecule has 1 aromatic heterocycles. The third-order valence-electron chi connectivity index (χ3n) is 2.71.